The predicted molar refractivity (Wildman–Crippen MR) is 86.0 cm³/mol. The van der Waals surface area contributed by atoms with Crippen LogP contribution in [0.15, 0.2) is 6.07 Å². The number of aryl methyl sites for hydroxylation is 2. The molecule has 0 spiro atoms. The summed E-state index contributed by atoms with van der Waals surface area (Å²) in [7, 11) is 0. The average Bonchev–Trinajstić information content (AvgIpc) is 2.66. The summed E-state index contributed by atoms with van der Waals surface area (Å²) in [6.45, 7) is 0.810. The third kappa shape index (κ3) is 3.95. The third-order valence-corrected chi connectivity index (χ3v) is 5.32. The van der Waals surface area contributed by atoms with Gasteiger partial charge in [-0.2, -0.15) is 0 Å². The molecule has 0 saturated heterocycles. The average molecular weight is 377 g/mol. The monoisotopic (exact) mass is 377 g/mol. The number of carbonyl (C=O) groups is 1. The molecular formula is C14H20INOS. The Morgan fingerprint density at radius 2 is 2.11 bits per heavy atom. The Morgan fingerprint density at radius 1 is 1.28 bits per heavy atom. The standard InChI is InChI=1S/C14H20INOS/c15-8-4-5-9-16-14(17)13-10-11-6-2-1-3-7-12(11)18-13/h10H,1-9H2,(H,16,17). The summed E-state index contributed by atoms with van der Waals surface area (Å²) in [6, 6.07) is 2.12. The SMILES string of the molecule is O=C(NCCCCI)c1cc2c(s1)CCCCC2. The van der Waals surface area contributed by atoms with Gasteiger partial charge in [0, 0.05) is 11.4 Å². The van der Waals surface area contributed by atoms with Gasteiger partial charge in [-0.05, 0) is 54.6 Å². The van der Waals surface area contributed by atoms with E-state index in [0.717, 1.165) is 24.3 Å². The van der Waals surface area contributed by atoms with Crippen LogP contribution < -0.4 is 5.32 Å². The van der Waals surface area contributed by atoms with E-state index in [1.54, 1.807) is 11.3 Å². The first-order valence-corrected chi connectivity index (χ1v) is 9.11. The number of halogens is 1. The Bertz CT molecular complexity index is 379. The minimum Gasteiger partial charge on any atom is -0.351 e. The summed E-state index contributed by atoms with van der Waals surface area (Å²) in [4.78, 5) is 14.4. The molecular weight excluding hydrogens is 357 g/mol. The summed E-state index contributed by atoms with van der Waals surface area (Å²) in [6.07, 6.45) is 8.49. The zero-order valence-electron chi connectivity index (χ0n) is 10.6. The van der Waals surface area contributed by atoms with Crippen molar-refractivity contribution in [2.45, 2.75) is 44.9 Å². The Labute approximate surface area is 127 Å². The molecule has 1 amide bonds. The Kier molecular flexibility index (Phi) is 5.95. The maximum absolute atomic E-state index is 12.0. The fourth-order valence-corrected chi connectivity index (χ4v) is 4.00. The van der Waals surface area contributed by atoms with Crippen molar-refractivity contribution in [1.82, 2.24) is 5.32 Å². The second-order valence-corrected chi connectivity index (χ2v) is 6.99. The molecule has 2 nitrogen and oxygen atoms in total. The molecule has 0 radical (unpaired) electrons. The second-order valence-electron chi connectivity index (χ2n) is 4.77. The largest absolute Gasteiger partial charge is 0.351 e. The van der Waals surface area contributed by atoms with Crippen LogP contribution in [0.1, 0.15) is 52.2 Å². The maximum atomic E-state index is 12.0. The summed E-state index contributed by atoms with van der Waals surface area (Å²) >= 11 is 4.08. The van der Waals surface area contributed by atoms with Crippen molar-refractivity contribution < 1.29 is 4.79 Å². The molecule has 0 aliphatic heterocycles. The smallest absolute Gasteiger partial charge is 0.261 e. The number of amides is 1. The molecule has 100 valence electrons. The highest BCUT2D eigenvalue weighted by Gasteiger charge is 2.15. The number of alkyl halides is 1. The molecule has 18 heavy (non-hydrogen) atoms. The lowest BCUT2D eigenvalue weighted by atomic mass is 10.1. The van der Waals surface area contributed by atoms with Crippen LogP contribution in [0.4, 0.5) is 0 Å². The van der Waals surface area contributed by atoms with Crippen LogP contribution in [-0.2, 0) is 12.8 Å². The zero-order chi connectivity index (χ0) is 12.8. The van der Waals surface area contributed by atoms with E-state index in [1.807, 2.05) is 0 Å². The lowest BCUT2D eigenvalue weighted by molar-refractivity contribution is 0.0957. The molecule has 0 saturated carbocycles. The molecule has 1 heterocycles. The van der Waals surface area contributed by atoms with Gasteiger partial charge in [-0.1, -0.05) is 29.0 Å². The van der Waals surface area contributed by atoms with Gasteiger partial charge in [-0.15, -0.1) is 11.3 Å². The highest BCUT2D eigenvalue weighted by molar-refractivity contribution is 14.1. The second kappa shape index (κ2) is 7.48. The third-order valence-electron chi connectivity index (χ3n) is 3.32. The van der Waals surface area contributed by atoms with Gasteiger partial charge in [0.05, 0.1) is 4.88 Å². The Morgan fingerprint density at radius 3 is 2.94 bits per heavy atom. The van der Waals surface area contributed by atoms with Crippen molar-refractivity contribution >= 4 is 39.8 Å². The van der Waals surface area contributed by atoms with Crippen LogP contribution in [0, 0.1) is 0 Å². The van der Waals surface area contributed by atoms with Gasteiger partial charge >= 0.3 is 0 Å². The van der Waals surface area contributed by atoms with Crippen LogP contribution >= 0.6 is 33.9 Å². The summed E-state index contributed by atoms with van der Waals surface area (Å²) in [5, 5.41) is 3.03. The lowest BCUT2D eigenvalue weighted by Gasteiger charge is -2.02. The molecule has 1 N–H and O–H groups in total. The summed E-state index contributed by atoms with van der Waals surface area (Å²) in [5.74, 6) is 0.126. The normalized spacial score (nSPS) is 14.9. The van der Waals surface area contributed by atoms with E-state index in [1.165, 1.54) is 47.0 Å². The number of hydrogen-bond acceptors (Lipinski definition) is 2. The van der Waals surface area contributed by atoms with Crippen molar-refractivity contribution in [3.8, 4) is 0 Å². The van der Waals surface area contributed by atoms with E-state index in [0.29, 0.717) is 0 Å². The molecule has 0 fully saturated rings. The topological polar surface area (TPSA) is 29.1 Å². The van der Waals surface area contributed by atoms with E-state index in [2.05, 4.69) is 34.0 Å². The summed E-state index contributed by atoms with van der Waals surface area (Å²) in [5.41, 5.74) is 1.43. The summed E-state index contributed by atoms with van der Waals surface area (Å²) < 4.78 is 1.17. The van der Waals surface area contributed by atoms with Crippen LogP contribution in [0.2, 0.25) is 0 Å². The first kappa shape index (κ1) is 14.3. The fraction of sp³-hybridized carbons (Fsp3) is 0.643. The number of rotatable bonds is 5. The molecule has 0 unspecified atom stereocenters. The number of nitrogens with one attached hydrogen (secondary N) is 1. The van der Waals surface area contributed by atoms with E-state index in [9.17, 15) is 4.79 Å². The maximum Gasteiger partial charge on any atom is 0.261 e. The number of hydrogen-bond donors (Lipinski definition) is 1. The van der Waals surface area contributed by atoms with Gasteiger partial charge in [0.25, 0.3) is 5.91 Å². The van der Waals surface area contributed by atoms with Gasteiger partial charge in [-0.3, -0.25) is 4.79 Å². The number of fused-ring (bicyclic) bond motifs is 1. The van der Waals surface area contributed by atoms with E-state index < -0.39 is 0 Å². The highest BCUT2D eigenvalue weighted by Crippen LogP contribution is 2.28. The molecule has 0 atom stereocenters. The van der Waals surface area contributed by atoms with Crippen molar-refractivity contribution in [3.63, 3.8) is 0 Å². The van der Waals surface area contributed by atoms with Gasteiger partial charge in [0.2, 0.25) is 0 Å². The molecule has 0 aromatic carbocycles. The van der Waals surface area contributed by atoms with Crippen molar-refractivity contribution in [2.24, 2.45) is 0 Å². The minimum absolute atomic E-state index is 0.126. The number of thiophene rings is 1. The predicted octanol–water partition coefficient (Wildman–Crippen LogP) is 3.96. The van der Waals surface area contributed by atoms with Crippen LogP contribution in [0.25, 0.3) is 0 Å². The van der Waals surface area contributed by atoms with Gasteiger partial charge in [0.1, 0.15) is 0 Å². The number of unbranched alkanes of at least 4 members (excludes halogenated alkanes) is 1. The molecule has 4 heteroatoms. The fourth-order valence-electron chi connectivity index (χ4n) is 2.29. The molecule has 1 aliphatic carbocycles. The van der Waals surface area contributed by atoms with Crippen LogP contribution in [0.3, 0.4) is 0 Å². The first-order valence-electron chi connectivity index (χ1n) is 6.77. The first-order chi connectivity index (χ1) is 8.81. The lowest BCUT2D eigenvalue weighted by Crippen LogP contribution is -2.23. The van der Waals surface area contributed by atoms with E-state index in [4.69, 9.17) is 0 Å². The Hall–Kier alpha value is -0.100. The van der Waals surface area contributed by atoms with Crippen molar-refractivity contribution in [2.75, 3.05) is 11.0 Å². The van der Waals surface area contributed by atoms with E-state index >= 15 is 0 Å². The van der Waals surface area contributed by atoms with Gasteiger partial charge in [-0.25, -0.2) is 0 Å². The Balaban J connectivity index is 1.90. The van der Waals surface area contributed by atoms with Gasteiger partial charge in [0.15, 0.2) is 0 Å². The molecule has 1 aliphatic rings. The molecule has 0 bridgehead atoms. The van der Waals surface area contributed by atoms with Crippen LogP contribution in [-0.4, -0.2) is 16.9 Å². The van der Waals surface area contributed by atoms with Crippen LogP contribution in [0.5, 0.6) is 0 Å². The minimum atomic E-state index is 0.126. The highest BCUT2D eigenvalue weighted by atomic mass is 127. The van der Waals surface area contributed by atoms with Crippen molar-refractivity contribution in [3.05, 3.63) is 21.4 Å². The number of carbonyl (C=O) groups excluding carboxylic acids is 1. The van der Waals surface area contributed by atoms with Crippen molar-refractivity contribution in [1.29, 1.82) is 0 Å². The molecule has 1 aromatic rings. The quantitative estimate of drug-likeness (QED) is 0.358. The molecule has 2 rings (SSSR count). The van der Waals surface area contributed by atoms with Gasteiger partial charge < -0.3 is 5.32 Å². The molecule has 1 aromatic heterocycles. The zero-order valence-corrected chi connectivity index (χ0v) is 13.6. The van der Waals surface area contributed by atoms with E-state index in [-0.39, 0.29) is 5.91 Å².